The highest BCUT2D eigenvalue weighted by atomic mass is 32.2. The molecule has 2 aromatic heterocycles. The van der Waals surface area contributed by atoms with Crippen molar-refractivity contribution < 1.29 is 77.8 Å². The molecule has 4 N–H and O–H groups in total. The van der Waals surface area contributed by atoms with Crippen molar-refractivity contribution in [3.8, 4) is 22.6 Å². The molecule has 6 aromatic rings. The van der Waals surface area contributed by atoms with Gasteiger partial charge in [0.25, 0.3) is 0 Å². The molecule has 8 rings (SSSR count). The maximum Gasteiger partial charge on any atom is 0.324 e. The summed E-state index contributed by atoms with van der Waals surface area (Å²) in [4.78, 5) is 71.4. The van der Waals surface area contributed by atoms with Gasteiger partial charge in [0.15, 0.2) is 17.3 Å². The van der Waals surface area contributed by atoms with Crippen LogP contribution in [0.25, 0.3) is 44.6 Å². The number of carbonyl (C=O) groups excluding carboxylic acids is 5. The third-order valence-electron chi connectivity index (χ3n) is 12.4. The zero-order valence-electron chi connectivity index (χ0n) is 42.6. The minimum absolute atomic E-state index is 0.0660. The number of furan rings is 2. The molecule has 4 aromatic carbocycles. The summed E-state index contributed by atoms with van der Waals surface area (Å²) < 4.78 is 100. The van der Waals surface area contributed by atoms with Crippen LogP contribution in [0.4, 0.5) is 20.2 Å². The summed E-state index contributed by atoms with van der Waals surface area (Å²) in [5, 5.41) is 10.4. The number of sulfonamides is 2. The number of nitrogens with two attached hydrogens (primary N) is 1. The average Bonchev–Trinajstić information content (AvgIpc) is 4.33. The van der Waals surface area contributed by atoms with Crippen molar-refractivity contribution in [2.45, 2.75) is 77.0 Å². The Morgan fingerprint density at radius 2 is 1.04 bits per heavy atom. The monoisotopic (exact) mass is 1090 g/mol. The molecule has 0 radical (unpaired) electrons. The summed E-state index contributed by atoms with van der Waals surface area (Å²) in [7, 11) is -5.26. The van der Waals surface area contributed by atoms with Crippen molar-refractivity contribution in [1.29, 1.82) is 0 Å². The lowest BCUT2D eigenvalue weighted by Gasteiger charge is -2.24. The van der Waals surface area contributed by atoms with E-state index in [0.717, 1.165) is 46.8 Å². The number of hydrogen-bond acceptors (Lipinski definition) is 16. The fourth-order valence-electron chi connectivity index (χ4n) is 8.31. The molecule has 0 unspecified atom stereocenters. The van der Waals surface area contributed by atoms with Crippen LogP contribution in [0.15, 0.2) is 81.6 Å². The second-order valence-electron chi connectivity index (χ2n) is 18.0. The largest absolute Gasteiger partial charge is 0.480 e. The van der Waals surface area contributed by atoms with Gasteiger partial charge in [-0.3, -0.25) is 43.2 Å². The second kappa shape index (κ2) is 24.6. The minimum atomic E-state index is -3.89. The van der Waals surface area contributed by atoms with Crippen LogP contribution >= 0.6 is 0 Å². The Hall–Kier alpha value is -7.34. The summed E-state index contributed by atoms with van der Waals surface area (Å²) in [6.07, 6.45) is 5.44. The number of ketones is 3. The molecule has 0 atom stereocenters. The summed E-state index contributed by atoms with van der Waals surface area (Å²) in [5.41, 5.74) is 6.34. The van der Waals surface area contributed by atoms with E-state index < -0.39 is 62.5 Å². The van der Waals surface area contributed by atoms with Crippen molar-refractivity contribution in [3.63, 3.8) is 0 Å². The highest BCUT2D eigenvalue weighted by molar-refractivity contribution is 7.92. The van der Waals surface area contributed by atoms with Gasteiger partial charge in [-0.2, -0.15) is 0 Å². The Kier molecular flexibility index (Phi) is 18.7. The van der Waals surface area contributed by atoms with Gasteiger partial charge in [-0.15, -0.1) is 0 Å². The Labute approximate surface area is 437 Å². The fraction of sp³-hybridized carbons (Fsp3) is 0.358. The van der Waals surface area contributed by atoms with Crippen molar-refractivity contribution in [3.05, 3.63) is 107 Å². The Balaban J connectivity index is 0.000000221. The number of hydrogen-bond donors (Lipinski definition) is 3. The molecular formula is C53H58F2N4O15S2. The standard InChI is InChI=1S/C27H28FNO7S.C23H22FNO6S.C3H8N2O2/c1-4-23(31)26-21-13-20(16-5-6-16)22(14-24(21)36-27(26)17-7-9-18(28)10-8-17)29(37(3,33)34)15-19(30)11-12-25(32)35-2;1-3-19(26)22-17-10-16(13-4-5-13)18(25(12-21(27)28)32(2,29)30)11-20(17)31-23(22)14-6-8-15(24)9-7-14;1-7-3(6)2-5-4/h7-10,13-14,16H,4-6,11-12,15H2,1-3H3;6-11,13H,3-5,12H2,1-2H3,(H,27,28);5H,2,4H2,1H3. The molecule has 2 fully saturated rings. The van der Waals surface area contributed by atoms with E-state index in [4.69, 9.17) is 14.7 Å². The average molecular weight is 1090 g/mol. The number of halogens is 2. The normalized spacial score (nSPS) is 13.2. The molecule has 2 heterocycles. The number of nitrogens with one attached hydrogen (secondary N) is 1. The molecule has 76 heavy (non-hydrogen) atoms. The van der Waals surface area contributed by atoms with Gasteiger partial charge in [0.2, 0.25) is 20.0 Å². The summed E-state index contributed by atoms with van der Waals surface area (Å²) in [5.74, 6) is 1.62. The summed E-state index contributed by atoms with van der Waals surface area (Å²) in [6.45, 7) is 2.35. The number of methoxy groups -OCH3 is 2. The van der Waals surface area contributed by atoms with Gasteiger partial charge in [0, 0.05) is 53.3 Å². The van der Waals surface area contributed by atoms with E-state index in [-0.39, 0.29) is 90.0 Å². The number of carboxylic acids is 1. The molecule has 23 heteroatoms. The highest BCUT2D eigenvalue weighted by Gasteiger charge is 2.36. The first kappa shape index (κ1) is 57.9. The first-order chi connectivity index (χ1) is 35.9. The predicted molar refractivity (Wildman–Crippen MR) is 279 cm³/mol. The maximum atomic E-state index is 13.5. The van der Waals surface area contributed by atoms with Crippen LogP contribution in [-0.2, 0) is 48.7 Å². The van der Waals surface area contributed by atoms with Crippen LogP contribution in [0.1, 0.15) is 109 Å². The summed E-state index contributed by atoms with van der Waals surface area (Å²) >= 11 is 0. The van der Waals surface area contributed by atoms with Crippen molar-refractivity contribution in [2.75, 3.05) is 55.0 Å². The Morgan fingerprint density at radius 3 is 1.36 bits per heavy atom. The van der Waals surface area contributed by atoms with Gasteiger partial charge < -0.3 is 23.4 Å². The third kappa shape index (κ3) is 14.1. The number of hydrazine groups is 1. The molecule has 406 valence electrons. The molecule has 2 aliphatic carbocycles. The van der Waals surface area contributed by atoms with Crippen molar-refractivity contribution in [1.82, 2.24) is 5.43 Å². The van der Waals surface area contributed by atoms with E-state index in [1.807, 2.05) is 0 Å². The second-order valence-corrected chi connectivity index (χ2v) is 21.9. The van der Waals surface area contributed by atoms with E-state index in [1.54, 1.807) is 32.0 Å². The number of ether oxygens (including phenoxy) is 2. The molecule has 19 nitrogen and oxygen atoms in total. The van der Waals surface area contributed by atoms with E-state index in [2.05, 4.69) is 14.9 Å². The van der Waals surface area contributed by atoms with Crippen molar-refractivity contribution >= 4 is 88.6 Å². The molecular weight excluding hydrogens is 1030 g/mol. The van der Waals surface area contributed by atoms with Crippen LogP contribution in [0.3, 0.4) is 0 Å². The number of benzene rings is 4. The number of carbonyl (C=O) groups is 6. The number of esters is 2. The lowest BCUT2D eigenvalue weighted by atomic mass is 9.97. The van der Waals surface area contributed by atoms with E-state index in [0.29, 0.717) is 49.8 Å². The van der Waals surface area contributed by atoms with Gasteiger partial charge in [-0.05, 0) is 109 Å². The van der Waals surface area contributed by atoms with Gasteiger partial charge in [-0.25, -0.2) is 31.0 Å². The predicted octanol–water partition coefficient (Wildman–Crippen LogP) is 8.18. The number of anilines is 2. The zero-order chi connectivity index (χ0) is 55.8. The molecule has 0 aliphatic heterocycles. The molecule has 2 aliphatic rings. The third-order valence-corrected chi connectivity index (χ3v) is 14.6. The quantitative estimate of drug-likeness (QED) is 0.0265. The van der Waals surface area contributed by atoms with Gasteiger partial charge in [0.1, 0.15) is 47.4 Å². The highest BCUT2D eigenvalue weighted by Crippen LogP contribution is 2.50. The number of carboxylic acid groups (broad SMARTS) is 1. The number of Topliss-reactive ketones (excluding diaryl/α,β-unsaturated/α-hetero) is 3. The molecule has 0 amide bonds. The lowest BCUT2D eigenvalue weighted by Crippen LogP contribution is -2.35. The molecule has 0 saturated heterocycles. The first-order valence-electron chi connectivity index (χ1n) is 24.0. The molecule has 2 saturated carbocycles. The van der Waals surface area contributed by atoms with Gasteiger partial charge >= 0.3 is 17.9 Å². The zero-order valence-corrected chi connectivity index (χ0v) is 44.2. The lowest BCUT2D eigenvalue weighted by molar-refractivity contribution is -0.142. The number of nitrogens with zero attached hydrogens (tertiary/aromatic N) is 2. The number of aliphatic carboxylic acids is 1. The SMILES string of the molecule is CCC(=O)c1c(-c2ccc(F)cc2)oc2cc(N(CC(=O)CCC(=O)OC)S(C)(=O)=O)c(C3CC3)cc12.CCC(=O)c1c(-c2ccc(F)cc2)oc2cc(N(CC(=O)O)S(C)(=O)=O)c(C3CC3)cc12.COC(=O)CNN. The maximum absolute atomic E-state index is 13.5. The van der Waals surface area contributed by atoms with Crippen LogP contribution < -0.4 is 19.9 Å². The molecule has 0 bridgehead atoms. The van der Waals surface area contributed by atoms with Gasteiger partial charge in [-0.1, -0.05) is 13.8 Å². The summed E-state index contributed by atoms with van der Waals surface area (Å²) in [6, 6.07) is 17.7. The van der Waals surface area contributed by atoms with Crippen LogP contribution in [0.5, 0.6) is 0 Å². The number of rotatable bonds is 21. The van der Waals surface area contributed by atoms with Crippen LogP contribution in [0.2, 0.25) is 0 Å². The van der Waals surface area contributed by atoms with E-state index >= 15 is 0 Å². The van der Waals surface area contributed by atoms with E-state index in [9.17, 15) is 59.5 Å². The minimum Gasteiger partial charge on any atom is -0.480 e. The first-order valence-corrected chi connectivity index (χ1v) is 27.7. The van der Waals surface area contributed by atoms with E-state index in [1.165, 1.54) is 68.8 Å². The van der Waals surface area contributed by atoms with Crippen LogP contribution in [0, 0.1) is 11.6 Å². The smallest absolute Gasteiger partial charge is 0.324 e. The van der Waals surface area contributed by atoms with Crippen molar-refractivity contribution in [2.24, 2.45) is 5.84 Å². The topological polar surface area (TPSA) is 280 Å². The number of fused-ring (bicyclic) bond motifs is 2. The Bertz CT molecular complexity index is 3400. The van der Waals surface area contributed by atoms with Gasteiger partial charge in [0.05, 0.1) is 62.2 Å². The van der Waals surface area contributed by atoms with Crippen LogP contribution in [-0.4, -0.2) is 104 Å². The fourth-order valence-corrected chi connectivity index (χ4v) is 10.1. The Morgan fingerprint density at radius 1 is 0.645 bits per heavy atom. The molecule has 0 spiro atoms.